The molecule has 2 aliphatic rings. The molecule has 1 nitrogen and oxygen atoms in total. The molecule has 2 heteroatoms. The van der Waals surface area contributed by atoms with Gasteiger partial charge in [-0.2, -0.15) is 0 Å². The van der Waals surface area contributed by atoms with Crippen LogP contribution in [-0.2, 0) is 0 Å². The Kier molecular flexibility index (Phi) is 4.49. The van der Waals surface area contributed by atoms with E-state index in [2.05, 4.69) is 7.05 Å². The van der Waals surface area contributed by atoms with Crippen LogP contribution in [-0.4, -0.2) is 30.7 Å². The van der Waals surface area contributed by atoms with Gasteiger partial charge >= 0.3 is 0 Å². The van der Waals surface area contributed by atoms with Gasteiger partial charge in [0.2, 0.25) is 0 Å². The van der Waals surface area contributed by atoms with Gasteiger partial charge in [-0.1, -0.05) is 6.42 Å². The summed E-state index contributed by atoms with van der Waals surface area (Å²) in [6.07, 6.45) is 10.5. The first-order chi connectivity index (χ1) is 5.81. The predicted molar refractivity (Wildman–Crippen MR) is 52.0 cm³/mol. The van der Waals surface area contributed by atoms with Gasteiger partial charge in [-0.05, 0) is 25.7 Å². The SMILES string of the molecule is C[N+]1(C2CCCCC2)CCCC1.[I-]. The van der Waals surface area contributed by atoms with Crippen LogP contribution in [0.4, 0.5) is 0 Å². The van der Waals surface area contributed by atoms with E-state index in [1.54, 1.807) is 0 Å². The number of rotatable bonds is 1. The van der Waals surface area contributed by atoms with Gasteiger partial charge in [0.05, 0.1) is 26.2 Å². The summed E-state index contributed by atoms with van der Waals surface area (Å²) in [6.45, 7) is 2.93. The molecule has 0 spiro atoms. The Morgan fingerprint density at radius 1 is 0.846 bits per heavy atom. The van der Waals surface area contributed by atoms with Crippen LogP contribution in [0.3, 0.4) is 0 Å². The molecule has 2 fully saturated rings. The van der Waals surface area contributed by atoms with Crippen molar-refractivity contribution in [3.63, 3.8) is 0 Å². The van der Waals surface area contributed by atoms with Crippen LogP contribution < -0.4 is 24.0 Å². The van der Waals surface area contributed by atoms with E-state index in [4.69, 9.17) is 0 Å². The van der Waals surface area contributed by atoms with Gasteiger partial charge in [-0.15, -0.1) is 0 Å². The van der Waals surface area contributed by atoms with Crippen LogP contribution in [0.5, 0.6) is 0 Å². The lowest BCUT2D eigenvalue weighted by molar-refractivity contribution is -0.923. The third-order valence-corrected chi connectivity index (χ3v) is 4.04. The highest BCUT2D eigenvalue weighted by Crippen LogP contribution is 2.30. The van der Waals surface area contributed by atoms with Gasteiger partial charge in [0, 0.05) is 12.8 Å². The van der Waals surface area contributed by atoms with Crippen molar-refractivity contribution in [1.82, 2.24) is 0 Å². The van der Waals surface area contributed by atoms with E-state index < -0.39 is 0 Å². The lowest BCUT2D eigenvalue weighted by atomic mass is 9.93. The minimum Gasteiger partial charge on any atom is -1.00 e. The van der Waals surface area contributed by atoms with Crippen LogP contribution in [0.15, 0.2) is 0 Å². The van der Waals surface area contributed by atoms with E-state index in [0.717, 1.165) is 6.04 Å². The first-order valence-corrected chi connectivity index (χ1v) is 5.65. The second-order valence-corrected chi connectivity index (χ2v) is 4.93. The highest BCUT2D eigenvalue weighted by molar-refractivity contribution is 4.68. The second kappa shape index (κ2) is 4.96. The van der Waals surface area contributed by atoms with Crippen molar-refractivity contribution < 1.29 is 28.5 Å². The van der Waals surface area contributed by atoms with Crippen LogP contribution >= 0.6 is 0 Å². The van der Waals surface area contributed by atoms with E-state index in [9.17, 15) is 0 Å². The average molecular weight is 295 g/mol. The maximum atomic E-state index is 2.49. The second-order valence-electron chi connectivity index (χ2n) is 4.93. The number of hydrogen-bond donors (Lipinski definition) is 0. The summed E-state index contributed by atoms with van der Waals surface area (Å²) in [5.74, 6) is 0. The number of nitrogens with zero attached hydrogens (tertiary/aromatic N) is 1. The van der Waals surface area contributed by atoms with Crippen molar-refractivity contribution in [2.75, 3.05) is 20.1 Å². The maximum Gasteiger partial charge on any atom is 0.0888 e. The summed E-state index contributed by atoms with van der Waals surface area (Å²) in [4.78, 5) is 0. The van der Waals surface area contributed by atoms with Gasteiger partial charge in [0.25, 0.3) is 0 Å². The molecule has 0 N–H and O–H groups in total. The van der Waals surface area contributed by atoms with Crippen LogP contribution in [0.2, 0.25) is 0 Å². The molecule has 0 aromatic carbocycles. The zero-order valence-corrected chi connectivity index (χ0v) is 10.9. The standard InChI is InChI=1S/C11H22N.HI/c1-12(9-5-6-10-12)11-7-3-2-4-8-11;/h11H,2-10H2,1H3;1H/q+1;/p-1. The van der Waals surface area contributed by atoms with Gasteiger partial charge < -0.3 is 28.5 Å². The monoisotopic (exact) mass is 295 g/mol. The molecule has 78 valence electrons. The molecule has 1 aliphatic carbocycles. The smallest absolute Gasteiger partial charge is 0.0888 e. The summed E-state index contributed by atoms with van der Waals surface area (Å²) >= 11 is 0. The highest BCUT2D eigenvalue weighted by atomic mass is 127. The van der Waals surface area contributed by atoms with Crippen LogP contribution in [0.1, 0.15) is 44.9 Å². The number of quaternary nitrogens is 1. The summed E-state index contributed by atoms with van der Waals surface area (Å²) in [5.41, 5.74) is 0. The van der Waals surface area contributed by atoms with Crippen molar-refractivity contribution in [1.29, 1.82) is 0 Å². The van der Waals surface area contributed by atoms with Crippen molar-refractivity contribution in [3.05, 3.63) is 0 Å². The van der Waals surface area contributed by atoms with E-state index in [0.29, 0.717) is 0 Å². The van der Waals surface area contributed by atoms with Gasteiger partial charge in [-0.25, -0.2) is 0 Å². The molecule has 0 unspecified atom stereocenters. The van der Waals surface area contributed by atoms with Crippen molar-refractivity contribution in [3.8, 4) is 0 Å². The Hall–Kier alpha value is 0.690. The zero-order valence-electron chi connectivity index (χ0n) is 8.77. The Labute approximate surface area is 99.5 Å². The summed E-state index contributed by atoms with van der Waals surface area (Å²) in [6, 6.07) is 1.03. The topological polar surface area (TPSA) is 0 Å². The predicted octanol–water partition coefficient (Wildman–Crippen LogP) is -0.436. The molecule has 1 aliphatic heterocycles. The Balaban J connectivity index is 0.000000845. The van der Waals surface area contributed by atoms with Crippen molar-refractivity contribution in [2.45, 2.75) is 51.0 Å². The van der Waals surface area contributed by atoms with Gasteiger partial charge in [0.1, 0.15) is 0 Å². The number of hydrogen-bond acceptors (Lipinski definition) is 0. The largest absolute Gasteiger partial charge is 1.00 e. The average Bonchev–Trinajstić information content (AvgIpc) is 2.55. The van der Waals surface area contributed by atoms with E-state index in [-0.39, 0.29) is 24.0 Å². The molecule has 0 aromatic rings. The fourth-order valence-corrected chi connectivity index (χ4v) is 3.13. The normalized spacial score (nSPS) is 28.4. The summed E-state index contributed by atoms with van der Waals surface area (Å²) < 4.78 is 1.42. The molecule has 2 rings (SSSR count). The maximum absolute atomic E-state index is 2.49. The first-order valence-electron chi connectivity index (χ1n) is 5.65. The minimum absolute atomic E-state index is 0. The van der Waals surface area contributed by atoms with Crippen molar-refractivity contribution in [2.24, 2.45) is 0 Å². The molecule has 0 aromatic heterocycles. The molecule has 0 amide bonds. The van der Waals surface area contributed by atoms with E-state index in [1.807, 2.05) is 0 Å². The Bertz CT molecular complexity index is 146. The van der Waals surface area contributed by atoms with Gasteiger partial charge in [-0.3, -0.25) is 0 Å². The molecule has 1 saturated carbocycles. The van der Waals surface area contributed by atoms with Crippen LogP contribution in [0, 0.1) is 0 Å². The third-order valence-electron chi connectivity index (χ3n) is 4.04. The first kappa shape index (κ1) is 11.8. The summed E-state index contributed by atoms with van der Waals surface area (Å²) in [7, 11) is 2.49. The van der Waals surface area contributed by atoms with Gasteiger partial charge in [0.15, 0.2) is 0 Å². The molecule has 13 heavy (non-hydrogen) atoms. The molecule has 1 heterocycles. The Morgan fingerprint density at radius 3 is 1.92 bits per heavy atom. The quantitative estimate of drug-likeness (QED) is 0.455. The zero-order chi connectivity index (χ0) is 8.44. The summed E-state index contributed by atoms with van der Waals surface area (Å²) in [5, 5.41) is 0. The number of halogens is 1. The van der Waals surface area contributed by atoms with Crippen molar-refractivity contribution >= 4 is 0 Å². The van der Waals surface area contributed by atoms with Crippen LogP contribution in [0.25, 0.3) is 0 Å². The number of likely N-dealkylation sites (tertiary alicyclic amines) is 1. The molecule has 1 saturated heterocycles. The van der Waals surface area contributed by atoms with E-state index >= 15 is 0 Å². The molecule has 0 bridgehead atoms. The molecule has 0 atom stereocenters. The third kappa shape index (κ3) is 2.58. The lowest BCUT2D eigenvalue weighted by Gasteiger charge is -2.40. The minimum atomic E-state index is 0. The molecule has 0 radical (unpaired) electrons. The highest BCUT2D eigenvalue weighted by Gasteiger charge is 2.35. The van der Waals surface area contributed by atoms with E-state index in [1.165, 1.54) is 62.5 Å². The fraction of sp³-hybridized carbons (Fsp3) is 1.00. The fourth-order valence-electron chi connectivity index (χ4n) is 3.13. The lowest BCUT2D eigenvalue weighted by Crippen LogP contribution is -3.00. The molecular formula is C11H22IN. The Morgan fingerprint density at radius 2 is 1.38 bits per heavy atom. The molecular weight excluding hydrogens is 273 g/mol.